The third-order valence-corrected chi connectivity index (χ3v) is 14.4. The van der Waals surface area contributed by atoms with E-state index in [0.717, 1.165) is 77.0 Å². The third-order valence-electron chi connectivity index (χ3n) is 14.4. The quantitative estimate of drug-likeness (QED) is 0.0860. The van der Waals surface area contributed by atoms with Crippen molar-refractivity contribution in [2.75, 3.05) is 0 Å². The molecule has 6 aromatic rings. The van der Waals surface area contributed by atoms with E-state index in [4.69, 9.17) is 30.0 Å². The Balaban J connectivity index is 0.892. The van der Waals surface area contributed by atoms with Gasteiger partial charge in [0.2, 0.25) is 0 Å². The number of benzene rings is 6. The second kappa shape index (κ2) is 24.7. The molecule has 6 aromatic carbocycles. The minimum Gasteiger partial charge on any atom is -0.507 e. The van der Waals surface area contributed by atoms with Gasteiger partial charge in [-0.2, -0.15) is 30.7 Å². The zero-order chi connectivity index (χ0) is 53.8. The first-order chi connectivity index (χ1) is 38.1. The van der Waals surface area contributed by atoms with Crippen molar-refractivity contribution in [1.82, 2.24) is 0 Å². The fourth-order valence-corrected chi connectivity index (χ4v) is 9.94. The highest BCUT2D eigenvalue weighted by molar-refractivity contribution is 5.88. The molecule has 0 radical (unpaired) electrons. The Morgan fingerprint density at radius 1 is 0.231 bits per heavy atom. The highest BCUT2D eigenvalue weighted by atomic mass is 16.3. The van der Waals surface area contributed by atoms with Gasteiger partial charge in [-0.25, -0.2) is 0 Å². The lowest BCUT2D eigenvalue weighted by Gasteiger charge is -2.25. The minimum atomic E-state index is -0.129. The molecule has 0 spiro atoms. The van der Waals surface area contributed by atoms with Crippen LogP contribution in [0.15, 0.2) is 170 Å². The maximum atomic E-state index is 11.0. The second-order valence-corrected chi connectivity index (χ2v) is 20.0. The van der Waals surface area contributed by atoms with Crippen LogP contribution in [0.25, 0.3) is 0 Å². The SMILES string of the molecule is Oc1cc2ccc1C=N[C@@H]1CCCC[C@H]1N=Cc1ccc(cc1O)N=Nc1ccc(c(O)c1)C=N[C@@H]1CCCC[C@H]1N=Cc1ccc(cc1O)N=Nc1ccc(c(O)c1)C=N[C@@H]1CCCC[C@H]1N=Cc1ccc(cc1O)N=N2. The Labute approximate surface area is 451 Å². The zero-order valence-corrected chi connectivity index (χ0v) is 42.9. The van der Waals surface area contributed by atoms with Gasteiger partial charge in [0.05, 0.1) is 70.4 Å². The van der Waals surface area contributed by atoms with E-state index in [1.807, 2.05) is 0 Å². The first-order valence-corrected chi connectivity index (χ1v) is 26.5. The van der Waals surface area contributed by atoms with Crippen LogP contribution in [0.5, 0.6) is 34.5 Å². The number of hydrogen-bond donors (Lipinski definition) is 6. The largest absolute Gasteiger partial charge is 0.507 e. The molecule has 3 saturated carbocycles. The lowest BCUT2D eigenvalue weighted by Crippen LogP contribution is -2.27. The Bertz CT molecular complexity index is 2850. The molecule has 0 saturated heterocycles. The average Bonchev–Trinajstić information content (AvgIpc) is 3.45. The zero-order valence-electron chi connectivity index (χ0n) is 42.9. The summed E-state index contributed by atoms with van der Waals surface area (Å²) in [4.78, 5) is 29.1. The monoisotopic (exact) mass is 1040 g/mol. The summed E-state index contributed by atoms with van der Waals surface area (Å²) in [6, 6.07) is 29.0. The Morgan fingerprint density at radius 3 is 0.526 bits per heavy atom. The number of phenols is 6. The Kier molecular flexibility index (Phi) is 16.6. The van der Waals surface area contributed by atoms with E-state index in [1.165, 1.54) is 36.4 Å². The van der Waals surface area contributed by atoms with Crippen molar-refractivity contribution in [3.05, 3.63) is 143 Å². The maximum Gasteiger partial charge on any atom is 0.126 e. The lowest BCUT2D eigenvalue weighted by atomic mass is 9.91. The number of phenolic OH excluding ortho intramolecular Hbond substituents is 6. The first kappa shape index (κ1) is 52.4. The molecule has 12 bridgehead atoms. The molecule has 17 aliphatic rings. The van der Waals surface area contributed by atoms with E-state index in [0.29, 0.717) is 67.5 Å². The van der Waals surface area contributed by atoms with Crippen molar-refractivity contribution in [3.63, 3.8) is 0 Å². The maximum absolute atomic E-state index is 11.0. The van der Waals surface area contributed by atoms with Gasteiger partial charge in [0.15, 0.2) is 0 Å². The van der Waals surface area contributed by atoms with Crippen molar-refractivity contribution in [2.45, 2.75) is 113 Å². The molecule has 18 heteroatoms. The van der Waals surface area contributed by atoms with Crippen LogP contribution in [0.2, 0.25) is 0 Å². The van der Waals surface area contributed by atoms with Gasteiger partial charge in [-0.1, -0.05) is 38.5 Å². The number of azo groups is 3. The van der Waals surface area contributed by atoms with Crippen LogP contribution < -0.4 is 0 Å². The van der Waals surface area contributed by atoms with Gasteiger partial charge in [0.1, 0.15) is 34.5 Å². The molecule has 3 aliphatic carbocycles. The predicted octanol–water partition coefficient (Wildman–Crippen LogP) is 14.0. The van der Waals surface area contributed by atoms with Gasteiger partial charge in [0, 0.05) is 107 Å². The van der Waals surface area contributed by atoms with E-state index in [-0.39, 0.29) is 70.7 Å². The molecule has 6 atom stereocenters. The van der Waals surface area contributed by atoms with Crippen molar-refractivity contribution in [1.29, 1.82) is 0 Å². The van der Waals surface area contributed by atoms with Gasteiger partial charge in [-0.3, -0.25) is 30.0 Å². The van der Waals surface area contributed by atoms with Crippen LogP contribution >= 0.6 is 0 Å². The number of nitrogens with zero attached hydrogens (tertiary/aromatic N) is 12. The molecule has 0 aromatic heterocycles. The Hall–Kier alpha value is -9.06. The van der Waals surface area contributed by atoms with Gasteiger partial charge in [0.25, 0.3) is 0 Å². The van der Waals surface area contributed by atoms with Crippen LogP contribution in [0.1, 0.15) is 110 Å². The summed E-state index contributed by atoms with van der Waals surface area (Å²) >= 11 is 0. The molecular weight excluding hydrogens is 985 g/mol. The topological polar surface area (TPSA) is 270 Å². The molecule has 78 heavy (non-hydrogen) atoms. The molecule has 23 rings (SSSR count). The Morgan fingerprint density at radius 2 is 0.385 bits per heavy atom. The van der Waals surface area contributed by atoms with Crippen molar-refractivity contribution < 1.29 is 30.6 Å². The first-order valence-electron chi connectivity index (χ1n) is 26.5. The van der Waals surface area contributed by atoms with Gasteiger partial charge < -0.3 is 30.6 Å². The number of hydrogen-bond acceptors (Lipinski definition) is 18. The third kappa shape index (κ3) is 13.5. The van der Waals surface area contributed by atoms with E-state index in [9.17, 15) is 30.6 Å². The van der Waals surface area contributed by atoms with Crippen LogP contribution in [-0.2, 0) is 0 Å². The van der Waals surface area contributed by atoms with E-state index in [1.54, 1.807) is 110 Å². The second-order valence-electron chi connectivity index (χ2n) is 20.0. The summed E-state index contributed by atoms with van der Waals surface area (Å²) in [6.45, 7) is 0. The van der Waals surface area contributed by atoms with Crippen molar-refractivity contribution in [2.24, 2.45) is 60.6 Å². The lowest BCUT2D eigenvalue weighted by molar-refractivity contribution is 0.390. The smallest absolute Gasteiger partial charge is 0.126 e. The highest BCUT2D eigenvalue weighted by Gasteiger charge is 2.26. The highest BCUT2D eigenvalue weighted by Crippen LogP contribution is 2.34. The van der Waals surface area contributed by atoms with Crippen molar-refractivity contribution >= 4 is 71.4 Å². The van der Waals surface area contributed by atoms with E-state index < -0.39 is 0 Å². The molecule has 3 fully saturated rings. The van der Waals surface area contributed by atoms with Crippen LogP contribution in [0, 0.1) is 0 Å². The molecule has 0 unspecified atom stereocenters. The molecule has 396 valence electrons. The van der Waals surface area contributed by atoms with Crippen LogP contribution in [0.3, 0.4) is 0 Å². The van der Waals surface area contributed by atoms with E-state index >= 15 is 0 Å². The summed E-state index contributed by atoms with van der Waals surface area (Å²) in [7, 11) is 0. The summed E-state index contributed by atoms with van der Waals surface area (Å²) in [5.74, 6) is -0.0646. The molecule has 14 heterocycles. The molecular formula is C60H60N12O6. The summed E-state index contributed by atoms with van der Waals surface area (Å²) < 4.78 is 0. The van der Waals surface area contributed by atoms with Crippen LogP contribution in [-0.4, -0.2) is 104 Å². The molecule has 6 N–H and O–H groups in total. The number of rotatable bonds is 0. The van der Waals surface area contributed by atoms with Crippen LogP contribution in [0.4, 0.5) is 34.1 Å². The standard InChI is InChI=1S/C60H60N12O6/c73-55-25-43-19-13-37(55)31-61-49-7-1-2-8-50(49)62-32-38-14-20-44(26-56(38)74)68-70-46-22-16-40(58(76)28-46)34-64-53-11-5-6-12-54(53)66-36-42-18-24-48(30-60(42)78)72-71-47-23-17-41(59(77)29-47)35-65-52-10-4-3-9-51(52)63-33-39-15-21-45(69-67-43)27-57(39)75/h13-36,49-54,73-78H,1-12H2/t49-,50-,51-,52-,53-,54-/m1/s1. The van der Waals surface area contributed by atoms with Gasteiger partial charge in [-0.05, 0) is 111 Å². The molecule has 0 amide bonds. The number of aliphatic imine (C=N–C) groups is 6. The molecule has 18 nitrogen and oxygen atoms in total. The minimum absolute atomic E-state index is 0.0108. The summed E-state index contributed by atoms with van der Waals surface area (Å²) in [5.41, 5.74) is 5.61. The predicted molar refractivity (Wildman–Crippen MR) is 305 cm³/mol. The summed E-state index contributed by atoms with van der Waals surface area (Å²) in [5, 5.41) is 91.5. The fourth-order valence-electron chi connectivity index (χ4n) is 9.94. The molecule has 14 aliphatic heterocycles. The average molecular weight is 1050 g/mol. The van der Waals surface area contributed by atoms with E-state index in [2.05, 4.69) is 30.7 Å². The van der Waals surface area contributed by atoms with Crippen molar-refractivity contribution in [3.8, 4) is 34.5 Å². The van der Waals surface area contributed by atoms with Gasteiger partial charge >= 0.3 is 0 Å². The number of aromatic hydroxyl groups is 6. The van der Waals surface area contributed by atoms with Gasteiger partial charge in [-0.15, -0.1) is 0 Å². The normalized spacial score (nSPS) is 21.8. The fraction of sp³-hybridized carbons (Fsp3) is 0.300. The summed E-state index contributed by atoms with van der Waals surface area (Å²) in [6.07, 6.45) is 20.8.